The van der Waals surface area contributed by atoms with Gasteiger partial charge in [0.15, 0.2) is 0 Å². The van der Waals surface area contributed by atoms with Gasteiger partial charge in [0.1, 0.15) is 5.56 Å². The SMILES string of the molecule is O=C1CN(c2cccc(Cl)c2C(=O)O)CCCN1. The summed E-state index contributed by atoms with van der Waals surface area (Å²) >= 11 is 5.91. The van der Waals surface area contributed by atoms with Gasteiger partial charge in [0.2, 0.25) is 5.91 Å². The Morgan fingerprint density at radius 3 is 2.94 bits per heavy atom. The van der Waals surface area contributed by atoms with Crippen molar-refractivity contribution in [3.05, 3.63) is 28.8 Å². The third-order valence-electron chi connectivity index (χ3n) is 2.81. The topological polar surface area (TPSA) is 69.6 Å². The van der Waals surface area contributed by atoms with Gasteiger partial charge < -0.3 is 15.3 Å². The van der Waals surface area contributed by atoms with Gasteiger partial charge in [-0.15, -0.1) is 0 Å². The maximum atomic E-state index is 11.5. The summed E-state index contributed by atoms with van der Waals surface area (Å²) in [5.41, 5.74) is 0.543. The number of benzene rings is 1. The van der Waals surface area contributed by atoms with Gasteiger partial charge in [0.25, 0.3) is 0 Å². The second-order valence-corrected chi connectivity index (χ2v) is 4.47. The monoisotopic (exact) mass is 268 g/mol. The number of amides is 1. The molecule has 1 aromatic carbocycles. The number of rotatable bonds is 2. The molecule has 2 rings (SSSR count). The quantitative estimate of drug-likeness (QED) is 0.850. The van der Waals surface area contributed by atoms with Crippen LogP contribution in [-0.4, -0.2) is 36.6 Å². The zero-order valence-electron chi connectivity index (χ0n) is 9.65. The molecule has 0 aromatic heterocycles. The van der Waals surface area contributed by atoms with Crippen LogP contribution in [0.25, 0.3) is 0 Å². The molecule has 2 N–H and O–H groups in total. The minimum absolute atomic E-state index is 0.0499. The molecule has 6 heteroatoms. The van der Waals surface area contributed by atoms with E-state index in [-0.39, 0.29) is 23.0 Å². The number of hydrogen-bond acceptors (Lipinski definition) is 3. The van der Waals surface area contributed by atoms with E-state index in [4.69, 9.17) is 11.6 Å². The molecular weight excluding hydrogens is 256 g/mol. The highest BCUT2D eigenvalue weighted by atomic mass is 35.5. The largest absolute Gasteiger partial charge is 0.478 e. The zero-order valence-corrected chi connectivity index (χ0v) is 10.4. The van der Waals surface area contributed by atoms with Gasteiger partial charge in [0, 0.05) is 13.1 Å². The van der Waals surface area contributed by atoms with E-state index < -0.39 is 5.97 Å². The van der Waals surface area contributed by atoms with Gasteiger partial charge in [-0.3, -0.25) is 4.79 Å². The predicted molar refractivity (Wildman–Crippen MR) is 68.3 cm³/mol. The molecule has 1 aromatic rings. The number of aromatic carboxylic acids is 1. The van der Waals surface area contributed by atoms with Crippen molar-refractivity contribution in [3.63, 3.8) is 0 Å². The molecule has 18 heavy (non-hydrogen) atoms. The standard InChI is InChI=1S/C12H13ClN2O3/c13-8-3-1-4-9(11(8)12(17)18)15-6-2-5-14-10(16)7-15/h1,3-4H,2,5-7H2,(H,14,16)(H,17,18). The summed E-state index contributed by atoms with van der Waals surface area (Å²) in [5.74, 6) is -1.19. The van der Waals surface area contributed by atoms with Crippen molar-refractivity contribution in [2.24, 2.45) is 0 Å². The number of hydrogen-bond donors (Lipinski definition) is 2. The molecule has 1 amide bonds. The number of anilines is 1. The predicted octanol–water partition coefficient (Wildman–Crippen LogP) is 1.36. The van der Waals surface area contributed by atoms with Crippen LogP contribution in [0.15, 0.2) is 18.2 Å². The Kier molecular flexibility index (Phi) is 3.72. The molecule has 5 nitrogen and oxygen atoms in total. The molecule has 0 saturated carbocycles. The van der Waals surface area contributed by atoms with Crippen molar-refractivity contribution in [1.82, 2.24) is 5.32 Å². The van der Waals surface area contributed by atoms with Crippen molar-refractivity contribution in [2.45, 2.75) is 6.42 Å². The number of carboxylic acids is 1. The highest BCUT2D eigenvalue weighted by molar-refractivity contribution is 6.34. The van der Waals surface area contributed by atoms with Crippen LogP contribution in [0.5, 0.6) is 0 Å². The van der Waals surface area contributed by atoms with Gasteiger partial charge in [-0.2, -0.15) is 0 Å². The molecule has 0 unspecified atom stereocenters. The highest BCUT2D eigenvalue weighted by Gasteiger charge is 2.22. The van der Waals surface area contributed by atoms with Crippen LogP contribution < -0.4 is 10.2 Å². The molecule has 0 aliphatic carbocycles. The summed E-state index contributed by atoms with van der Waals surface area (Å²) in [6.45, 7) is 1.39. The fourth-order valence-corrected chi connectivity index (χ4v) is 2.25. The first-order valence-corrected chi connectivity index (χ1v) is 6.01. The third-order valence-corrected chi connectivity index (χ3v) is 3.12. The lowest BCUT2D eigenvalue weighted by molar-refractivity contribution is -0.119. The molecule has 1 aliphatic rings. The number of halogens is 1. The average Bonchev–Trinajstić information content (AvgIpc) is 2.53. The first-order valence-electron chi connectivity index (χ1n) is 5.63. The van der Waals surface area contributed by atoms with Crippen LogP contribution in [0, 0.1) is 0 Å². The minimum atomic E-state index is -1.08. The van der Waals surface area contributed by atoms with E-state index in [1.54, 1.807) is 17.0 Å². The van der Waals surface area contributed by atoms with E-state index in [2.05, 4.69) is 5.32 Å². The minimum Gasteiger partial charge on any atom is -0.478 e. The van der Waals surface area contributed by atoms with Crippen LogP contribution in [0.3, 0.4) is 0 Å². The fraction of sp³-hybridized carbons (Fsp3) is 0.333. The second kappa shape index (κ2) is 5.27. The molecule has 0 spiro atoms. The average molecular weight is 269 g/mol. The van der Waals surface area contributed by atoms with Crippen LogP contribution in [0.2, 0.25) is 5.02 Å². The van der Waals surface area contributed by atoms with Crippen molar-refractivity contribution >= 4 is 29.2 Å². The number of nitrogens with one attached hydrogen (secondary N) is 1. The van der Waals surface area contributed by atoms with Gasteiger partial charge in [-0.25, -0.2) is 4.79 Å². The van der Waals surface area contributed by atoms with E-state index in [0.717, 1.165) is 6.42 Å². The van der Waals surface area contributed by atoms with Gasteiger partial charge in [-0.05, 0) is 18.6 Å². The van der Waals surface area contributed by atoms with E-state index in [9.17, 15) is 14.7 Å². The Bertz CT molecular complexity index is 490. The molecule has 1 aliphatic heterocycles. The molecular formula is C12H13ClN2O3. The van der Waals surface area contributed by atoms with Gasteiger partial charge >= 0.3 is 5.97 Å². The molecule has 0 atom stereocenters. The number of carbonyl (C=O) groups excluding carboxylic acids is 1. The first kappa shape index (κ1) is 12.7. The summed E-state index contributed by atoms with van der Waals surface area (Å²) in [7, 11) is 0. The van der Waals surface area contributed by atoms with E-state index in [1.807, 2.05) is 0 Å². The number of carbonyl (C=O) groups is 2. The lowest BCUT2D eigenvalue weighted by atomic mass is 10.1. The van der Waals surface area contributed by atoms with E-state index >= 15 is 0 Å². The molecule has 1 heterocycles. The summed E-state index contributed by atoms with van der Waals surface area (Å²) in [6, 6.07) is 4.90. The van der Waals surface area contributed by atoms with Gasteiger partial charge in [-0.1, -0.05) is 17.7 Å². The normalized spacial score (nSPS) is 16.1. The maximum absolute atomic E-state index is 11.5. The Labute approximate surface area is 109 Å². The summed E-state index contributed by atoms with van der Waals surface area (Å²) in [6.07, 6.45) is 0.775. The summed E-state index contributed by atoms with van der Waals surface area (Å²) in [5, 5.41) is 12.1. The van der Waals surface area contributed by atoms with Crippen molar-refractivity contribution in [3.8, 4) is 0 Å². The molecule has 1 fully saturated rings. The van der Waals surface area contributed by atoms with Crippen LogP contribution >= 0.6 is 11.6 Å². The fourth-order valence-electron chi connectivity index (χ4n) is 2.00. The van der Waals surface area contributed by atoms with Crippen LogP contribution in [0.4, 0.5) is 5.69 Å². The van der Waals surface area contributed by atoms with Crippen molar-refractivity contribution < 1.29 is 14.7 Å². The Hall–Kier alpha value is -1.75. The van der Waals surface area contributed by atoms with Crippen molar-refractivity contribution in [1.29, 1.82) is 0 Å². The number of carboxylic acid groups (broad SMARTS) is 1. The molecule has 0 bridgehead atoms. The first-order chi connectivity index (χ1) is 8.59. The van der Waals surface area contributed by atoms with E-state index in [0.29, 0.717) is 18.8 Å². The summed E-state index contributed by atoms with van der Waals surface area (Å²) in [4.78, 5) is 24.5. The zero-order chi connectivity index (χ0) is 13.1. The van der Waals surface area contributed by atoms with Gasteiger partial charge in [0.05, 0.1) is 17.3 Å². The number of nitrogens with zero attached hydrogens (tertiary/aromatic N) is 1. The maximum Gasteiger partial charge on any atom is 0.339 e. The van der Waals surface area contributed by atoms with Crippen LogP contribution in [0.1, 0.15) is 16.8 Å². The lowest BCUT2D eigenvalue weighted by Crippen LogP contribution is -2.33. The third kappa shape index (κ3) is 2.56. The summed E-state index contributed by atoms with van der Waals surface area (Å²) < 4.78 is 0. The molecule has 0 radical (unpaired) electrons. The Morgan fingerprint density at radius 1 is 1.44 bits per heavy atom. The Morgan fingerprint density at radius 2 is 2.22 bits per heavy atom. The highest BCUT2D eigenvalue weighted by Crippen LogP contribution is 2.28. The Balaban J connectivity index is 2.40. The molecule has 1 saturated heterocycles. The second-order valence-electron chi connectivity index (χ2n) is 4.06. The molecule has 96 valence electrons. The van der Waals surface area contributed by atoms with Crippen LogP contribution in [-0.2, 0) is 4.79 Å². The van der Waals surface area contributed by atoms with E-state index in [1.165, 1.54) is 6.07 Å². The smallest absolute Gasteiger partial charge is 0.339 e. The lowest BCUT2D eigenvalue weighted by Gasteiger charge is -2.23. The van der Waals surface area contributed by atoms with Crippen molar-refractivity contribution in [2.75, 3.05) is 24.5 Å².